The van der Waals surface area contributed by atoms with Gasteiger partial charge in [-0.15, -0.1) is 0 Å². The van der Waals surface area contributed by atoms with Crippen LogP contribution in [0.2, 0.25) is 0 Å². The number of aliphatic carboxylic acids is 1. The highest BCUT2D eigenvalue weighted by atomic mass is 16.6. The van der Waals surface area contributed by atoms with Crippen LogP contribution in [0.25, 0.3) is 0 Å². The van der Waals surface area contributed by atoms with Crippen LogP contribution in [0.3, 0.4) is 0 Å². The molecule has 7 heteroatoms. The molecule has 1 unspecified atom stereocenters. The van der Waals surface area contributed by atoms with E-state index in [9.17, 15) is 14.7 Å². The topological polar surface area (TPSA) is 88.1 Å². The van der Waals surface area contributed by atoms with Gasteiger partial charge < -0.3 is 19.9 Å². The van der Waals surface area contributed by atoms with E-state index in [2.05, 4.69) is 22.3 Å². The first kappa shape index (κ1) is 20.2. The zero-order chi connectivity index (χ0) is 19.2. The number of carboxylic acid groups (broad SMARTS) is 1. The Bertz CT molecular complexity index is 600. The van der Waals surface area contributed by atoms with Gasteiger partial charge in [0, 0.05) is 26.1 Å². The third kappa shape index (κ3) is 7.01. The number of carbonyl (C=O) groups is 2. The maximum atomic E-state index is 11.9. The third-order valence-corrected chi connectivity index (χ3v) is 3.96. The van der Waals surface area contributed by atoms with Gasteiger partial charge in [0.2, 0.25) is 0 Å². The van der Waals surface area contributed by atoms with Crippen molar-refractivity contribution in [2.75, 3.05) is 19.7 Å². The molecule has 1 heterocycles. The lowest BCUT2D eigenvalue weighted by molar-refractivity contribution is -0.141. The lowest BCUT2D eigenvalue weighted by Crippen LogP contribution is -2.49. The zero-order valence-corrected chi connectivity index (χ0v) is 15.6. The SMILES string of the molecule is CC(C)(C)OC(=O)N[C@H](CC1CN(Cc2ccccc2)CCO1)C(=O)O. The fraction of sp³-hybridized carbons (Fsp3) is 0.579. The smallest absolute Gasteiger partial charge is 0.408 e. The van der Waals surface area contributed by atoms with Crippen LogP contribution in [0.15, 0.2) is 30.3 Å². The van der Waals surface area contributed by atoms with Crippen molar-refractivity contribution < 1.29 is 24.2 Å². The maximum absolute atomic E-state index is 11.9. The number of rotatable bonds is 6. The molecule has 144 valence electrons. The number of carboxylic acids is 1. The predicted molar refractivity (Wildman–Crippen MR) is 96.9 cm³/mol. The summed E-state index contributed by atoms with van der Waals surface area (Å²) >= 11 is 0. The number of nitrogens with one attached hydrogen (secondary N) is 1. The van der Waals surface area contributed by atoms with Gasteiger partial charge in [0.25, 0.3) is 0 Å². The Balaban J connectivity index is 1.89. The Morgan fingerprint density at radius 3 is 2.65 bits per heavy atom. The normalized spacial score (nSPS) is 19.6. The number of nitrogens with zero attached hydrogens (tertiary/aromatic N) is 1. The molecule has 2 N–H and O–H groups in total. The summed E-state index contributed by atoms with van der Waals surface area (Å²) in [4.78, 5) is 25.6. The molecule has 7 nitrogen and oxygen atoms in total. The van der Waals surface area contributed by atoms with Crippen molar-refractivity contribution in [1.29, 1.82) is 0 Å². The molecule has 0 saturated carbocycles. The molecule has 1 fully saturated rings. The molecule has 2 rings (SSSR count). The standard InChI is InChI=1S/C19H28N2O5/c1-19(2,3)26-18(24)20-16(17(22)23)11-15-13-21(9-10-25-15)12-14-7-5-4-6-8-14/h4-8,15-16H,9-13H2,1-3H3,(H,20,24)(H,22,23)/t15?,16-/m1/s1. The Morgan fingerprint density at radius 1 is 1.35 bits per heavy atom. The number of alkyl carbamates (subject to hydrolysis) is 1. The Labute approximate surface area is 154 Å². The van der Waals surface area contributed by atoms with Crippen LogP contribution in [-0.2, 0) is 20.8 Å². The van der Waals surface area contributed by atoms with E-state index in [-0.39, 0.29) is 12.5 Å². The average molecular weight is 364 g/mol. The molecule has 0 spiro atoms. The lowest BCUT2D eigenvalue weighted by atomic mass is 10.1. The van der Waals surface area contributed by atoms with Gasteiger partial charge in [-0.05, 0) is 26.3 Å². The van der Waals surface area contributed by atoms with E-state index in [1.807, 2.05) is 18.2 Å². The predicted octanol–water partition coefficient (Wildman–Crippen LogP) is 2.26. The Kier molecular flexibility index (Phi) is 6.99. The van der Waals surface area contributed by atoms with Crippen LogP contribution in [0.5, 0.6) is 0 Å². The van der Waals surface area contributed by atoms with Crippen molar-refractivity contribution in [3.63, 3.8) is 0 Å². The summed E-state index contributed by atoms with van der Waals surface area (Å²) < 4.78 is 10.9. The highest BCUT2D eigenvalue weighted by Gasteiger charge is 2.29. The zero-order valence-electron chi connectivity index (χ0n) is 15.6. The minimum Gasteiger partial charge on any atom is -0.480 e. The molecule has 0 radical (unpaired) electrons. The fourth-order valence-corrected chi connectivity index (χ4v) is 2.84. The molecule has 2 atom stereocenters. The second kappa shape index (κ2) is 9.00. The molecular weight excluding hydrogens is 336 g/mol. The summed E-state index contributed by atoms with van der Waals surface area (Å²) in [5.74, 6) is -1.10. The molecule has 1 aliphatic heterocycles. The molecule has 0 aromatic heterocycles. The average Bonchev–Trinajstić information content (AvgIpc) is 2.53. The summed E-state index contributed by atoms with van der Waals surface area (Å²) in [6.07, 6.45) is -0.801. The highest BCUT2D eigenvalue weighted by molar-refractivity contribution is 5.80. The monoisotopic (exact) mass is 364 g/mol. The highest BCUT2D eigenvalue weighted by Crippen LogP contribution is 2.15. The van der Waals surface area contributed by atoms with Crippen molar-refractivity contribution in [3.05, 3.63) is 35.9 Å². The molecule has 0 aliphatic carbocycles. The van der Waals surface area contributed by atoms with Crippen LogP contribution in [0.1, 0.15) is 32.8 Å². The second-order valence-electron chi connectivity index (χ2n) is 7.49. The van der Waals surface area contributed by atoms with Crippen LogP contribution in [-0.4, -0.2) is 59.5 Å². The minimum absolute atomic E-state index is 0.194. The summed E-state index contributed by atoms with van der Waals surface area (Å²) in [5.41, 5.74) is 0.524. The van der Waals surface area contributed by atoms with Crippen molar-refractivity contribution in [1.82, 2.24) is 10.2 Å². The second-order valence-corrected chi connectivity index (χ2v) is 7.49. The van der Waals surface area contributed by atoms with Gasteiger partial charge >= 0.3 is 12.1 Å². The fourth-order valence-electron chi connectivity index (χ4n) is 2.84. The summed E-state index contributed by atoms with van der Waals surface area (Å²) in [7, 11) is 0. The lowest BCUT2D eigenvalue weighted by Gasteiger charge is -2.34. The van der Waals surface area contributed by atoms with Gasteiger partial charge in [-0.1, -0.05) is 30.3 Å². The van der Waals surface area contributed by atoms with E-state index in [0.29, 0.717) is 13.2 Å². The van der Waals surface area contributed by atoms with Gasteiger partial charge in [-0.25, -0.2) is 9.59 Å². The summed E-state index contributed by atoms with van der Waals surface area (Å²) in [5, 5.41) is 11.8. The quantitative estimate of drug-likeness (QED) is 0.805. The molecular formula is C19H28N2O5. The minimum atomic E-state index is -1.10. The van der Waals surface area contributed by atoms with Gasteiger partial charge in [-0.2, -0.15) is 0 Å². The third-order valence-electron chi connectivity index (χ3n) is 3.96. The van der Waals surface area contributed by atoms with Crippen LogP contribution in [0.4, 0.5) is 4.79 Å². The number of hydrogen-bond acceptors (Lipinski definition) is 5. The largest absolute Gasteiger partial charge is 0.480 e. The first-order valence-corrected chi connectivity index (χ1v) is 8.83. The summed E-state index contributed by atoms with van der Waals surface area (Å²) in [6.45, 7) is 7.93. The number of benzene rings is 1. The van der Waals surface area contributed by atoms with Gasteiger partial charge in [0.1, 0.15) is 11.6 Å². The molecule has 1 amide bonds. The first-order valence-electron chi connectivity index (χ1n) is 8.83. The van der Waals surface area contributed by atoms with E-state index < -0.39 is 23.7 Å². The van der Waals surface area contributed by atoms with Gasteiger partial charge in [0.05, 0.1) is 12.7 Å². The number of hydrogen-bond donors (Lipinski definition) is 2. The number of ether oxygens (including phenoxy) is 2. The number of amides is 1. The molecule has 1 aromatic carbocycles. The van der Waals surface area contributed by atoms with E-state index >= 15 is 0 Å². The van der Waals surface area contributed by atoms with Crippen LogP contribution in [0, 0.1) is 0 Å². The molecule has 1 aliphatic rings. The van der Waals surface area contributed by atoms with Crippen LogP contribution >= 0.6 is 0 Å². The maximum Gasteiger partial charge on any atom is 0.408 e. The van der Waals surface area contributed by atoms with E-state index in [0.717, 1.165) is 13.1 Å². The molecule has 0 bridgehead atoms. The van der Waals surface area contributed by atoms with E-state index in [1.54, 1.807) is 20.8 Å². The molecule has 26 heavy (non-hydrogen) atoms. The summed E-state index contributed by atoms with van der Waals surface area (Å²) in [6, 6.07) is 9.05. The number of morpholine rings is 1. The van der Waals surface area contributed by atoms with E-state index in [4.69, 9.17) is 9.47 Å². The molecule has 1 saturated heterocycles. The molecule has 1 aromatic rings. The van der Waals surface area contributed by atoms with E-state index in [1.165, 1.54) is 5.56 Å². The van der Waals surface area contributed by atoms with Crippen molar-refractivity contribution in [2.45, 2.75) is 51.5 Å². The first-order chi connectivity index (χ1) is 12.2. The van der Waals surface area contributed by atoms with Gasteiger partial charge in [0.15, 0.2) is 0 Å². The Hall–Kier alpha value is -2.12. The number of carbonyl (C=O) groups excluding carboxylic acids is 1. The van der Waals surface area contributed by atoms with Crippen molar-refractivity contribution >= 4 is 12.1 Å². The Morgan fingerprint density at radius 2 is 2.04 bits per heavy atom. The van der Waals surface area contributed by atoms with Gasteiger partial charge in [-0.3, -0.25) is 4.90 Å². The van der Waals surface area contributed by atoms with Crippen molar-refractivity contribution in [3.8, 4) is 0 Å². The van der Waals surface area contributed by atoms with Crippen molar-refractivity contribution in [2.24, 2.45) is 0 Å². The van der Waals surface area contributed by atoms with Crippen LogP contribution < -0.4 is 5.32 Å².